The molecule has 0 saturated heterocycles. The van der Waals surface area contributed by atoms with Crippen LogP contribution in [0.3, 0.4) is 0 Å². The Balaban J connectivity index is 1.91. The third-order valence-electron chi connectivity index (χ3n) is 3.04. The summed E-state index contributed by atoms with van der Waals surface area (Å²) in [6, 6.07) is 16.4. The molecular weight excluding hydrogens is 252 g/mol. The molecule has 3 aromatic rings. The summed E-state index contributed by atoms with van der Waals surface area (Å²) < 4.78 is 1.62. The molecule has 0 aliphatic rings. The highest BCUT2D eigenvalue weighted by molar-refractivity contribution is 6.09. The second kappa shape index (κ2) is 5.05. The molecule has 1 heterocycles. The molecule has 0 bridgehead atoms. The fraction of sp³-hybridized carbons (Fsp3) is 0.0667. The predicted octanol–water partition coefficient (Wildman–Crippen LogP) is 2.20. The van der Waals surface area contributed by atoms with E-state index in [-0.39, 0.29) is 5.78 Å². The first-order chi connectivity index (χ1) is 9.75. The number of hydrogen-bond acceptors (Lipinski definition) is 4. The van der Waals surface area contributed by atoms with E-state index in [2.05, 4.69) is 15.5 Å². The van der Waals surface area contributed by atoms with E-state index in [0.717, 1.165) is 5.69 Å². The van der Waals surface area contributed by atoms with Gasteiger partial charge in [-0.25, -0.2) is 0 Å². The molecule has 0 radical (unpaired) electrons. The smallest absolute Gasteiger partial charge is 0.193 e. The van der Waals surface area contributed by atoms with Gasteiger partial charge in [-0.05, 0) is 41.6 Å². The second-order valence-corrected chi connectivity index (χ2v) is 4.38. The lowest BCUT2D eigenvalue weighted by Crippen LogP contribution is -2.03. The highest BCUT2D eigenvalue weighted by Gasteiger charge is 2.09. The van der Waals surface area contributed by atoms with Crippen molar-refractivity contribution in [1.29, 1.82) is 0 Å². The van der Waals surface area contributed by atoms with E-state index in [0.29, 0.717) is 17.0 Å². The van der Waals surface area contributed by atoms with Gasteiger partial charge in [0, 0.05) is 11.1 Å². The van der Waals surface area contributed by atoms with Crippen molar-refractivity contribution < 1.29 is 4.79 Å². The molecule has 5 nitrogen and oxygen atoms in total. The van der Waals surface area contributed by atoms with Gasteiger partial charge in [0.2, 0.25) is 0 Å². The average molecular weight is 264 g/mol. The molecule has 0 saturated carbocycles. The monoisotopic (exact) mass is 264 g/mol. The Morgan fingerprint density at radius 3 is 2.20 bits per heavy atom. The molecule has 2 aromatic carbocycles. The van der Waals surface area contributed by atoms with E-state index >= 15 is 0 Å². The van der Waals surface area contributed by atoms with Gasteiger partial charge >= 0.3 is 0 Å². The van der Waals surface area contributed by atoms with Gasteiger partial charge in [-0.1, -0.05) is 30.3 Å². The van der Waals surface area contributed by atoms with Crippen LogP contribution < -0.4 is 0 Å². The number of rotatable bonds is 3. The van der Waals surface area contributed by atoms with Crippen LogP contribution in [-0.2, 0) is 0 Å². The van der Waals surface area contributed by atoms with Crippen LogP contribution in [0.25, 0.3) is 5.69 Å². The number of carbonyl (C=O) groups excluding carboxylic acids is 1. The van der Waals surface area contributed by atoms with Gasteiger partial charge in [-0.2, -0.15) is 4.68 Å². The summed E-state index contributed by atoms with van der Waals surface area (Å²) in [5, 5.41) is 11.3. The molecule has 0 fully saturated rings. The number of aromatic nitrogens is 4. The minimum atomic E-state index is 0.00517. The van der Waals surface area contributed by atoms with Crippen LogP contribution in [0.2, 0.25) is 0 Å². The molecule has 0 N–H and O–H groups in total. The lowest BCUT2D eigenvalue weighted by molar-refractivity contribution is 0.103. The third-order valence-corrected chi connectivity index (χ3v) is 3.04. The summed E-state index contributed by atoms with van der Waals surface area (Å²) in [4.78, 5) is 12.3. The largest absolute Gasteiger partial charge is 0.289 e. The normalized spacial score (nSPS) is 10.4. The van der Waals surface area contributed by atoms with Crippen molar-refractivity contribution in [3.05, 3.63) is 71.5 Å². The lowest BCUT2D eigenvalue weighted by Gasteiger charge is -2.04. The molecule has 0 spiro atoms. The highest BCUT2D eigenvalue weighted by Crippen LogP contribution is 2.13. The molecule has 0 aliphatic carbocycles. The van der Waals surface area contributed by atoms with Crippen molar-refractivity contribution in [3.8, 4) is 5.69 Å². The van der Waals surface area contributed by atoms with Gasteiger partial charge < -0.3 is 0 Å². The Morgan fingerprint density at radius 1 is 0.950 bits per heavy atom. The van der Waals surface area contributed by atoms with Crippen molar-refractivity contribution in [1.82, 2.24) is 20.2 Å². The fourth-order valence-corrected chi connectivity index (χ4v) is 1.98. The molecule has 5 heteroatoms. The number of benzene rings is 2. The Hall–Kier alpha value is -2.82. The summed E-state index contributed by atoms with van der Waals surface area (Å²) in [6.07, 6.45) is 0. The zero-order valence-electron chi connectivity index (χ0n) is 10.9. The van der Waals surface area contributed by atoms with Crippen LogP contribution in [0.4, 0.5) is 0 Å². The molecule has 3 rings (SSSR count). The van der Waals surface area contributed by atoms with Crippen molar-refractivity contribution in [3.63, 3.8) is 0 Å². The third kappa shape index (κ3) is 2.21. The number of tetrazole rings is 1. The van der Waals surface area contributed by atoms with Gasteiger partial charge in [-0.15, -0.1) is 5.10 Å². The first kappa shape index (κ1) is 12.2. The number of aryl methyl sites for hydroxylation is 1. The van der Waals surface area contributed by atoms with Crippen LogP contribution in [0.1, 0.15) is 21.7 Å². The molecule has 1 aromatic heterocycles. The Morgan fingerprint density at radius 2 is 1.60 bits per heavy atom. The molecular formula is C15H12N4O. The highest BCUT2D eigenvalue weighted by atomic mass is 16.1. The van der Waals surface area contributed by atoms with Crippen LogP contribution in [0, 0.1) is 6.92 Å². The molecule has 20 heavy (non-hydrogen) atoms. The summed E-state index contributed by atoms with van der Waals surface area (Å²) in [7, 11) is 0. The minimum Gasteiger partial charge on any atom is -0.289 e. The van der Waals surface area contributed by atoms with E-state index in [1.807, 2.05) is 49.4 Å². The van der Waals surface area contributed by atoms with Gasteiger partial charge in [0.05, 0.1) is 5.69 Å². The van der Waals surface area contributed by atoms with Crippen LogP contribution in [0.15, 0.2) is 54.6 Å². The number of carbonyl (C=O) groups is 1. The minimum absolute atomic E-state index is 0.00517. The average Bonchev–Trinajstić information content (AvgIpc) is 2.94. The van der Waals surface area contributed by atoms with Crippen LogP contribution in [-0.4, -0.2) is 26.0 Å². The summed E-state index contributed by atoms with van der Waals surface area (Å²) >= 11 is 0. The maximum Gasteiger partial charge on any atom is 0.193 e. The molecule has 0 aliphatic heterocycles. The van der Waals surface area contributed by atoms with Crippen LogP contribution in [0.5, 0.6) is 0 Å². The molecule has 0 amide bonds. The topological polar surface area (TPSA) is 60.7 Å². The van der Waals surface area contributed by atoms with Gasteiger partial charge in [0.15, 0.2) is 11.6 Å². The molecule has 0 unspecified atom stereocenters. The van der Waals surface area contributed by atoms with Crippen molar-refractivity contribution >= 4 is 5.78 Å². The maximum atomic E-state index is 12.3. The number of nitrogens with zero attached hydrogens (tertiary/aromatic N) is 4. The van der Waals surface area contributed by atoms with E-state index in [4.69, 9.17) is 0 Å². The quantitative estimate of drug-likeness (QED) is 0.680. The Bertz CT molecular complexity index is 732. The predicted molar refractivity (Wildman–Crippen MR) is 73.8 cm³/mol. The first-order valence-electron chi connectivity index (χ1n) is 6.21. The van der Waals surface area contributed by atoms with E-state index < -0.39 is 0 Å². The second-order valence-electron chi connectivity index (χ2n) is 4.38. The summed E-state index contributed by atoms with van der Waals surface area (Å²) in [5.74, 6) is 0.706. The SMILES string of the molecule is Cc1nnnn1-c1ccc(C(=O)c2ccccc2)cc1. The fourth-order valence-electron chi connectivity index (χ4n) is 1.98. The van der Waals surface area contributed by atoms with E-state index in [9.17, 15) is 4.79 Å². The first-order valence-corrected chi connectivity index (χ1v) is 6.21. The van der Waals surface area contributed by atoms with E-state index in [1.54, 1.807) is 16.8 Å². The lowest BCUT2D eigenvalue weighted by atomic mass is 10.0. The number of ketones is 1. The van der Waals surface area contributed by atoms with Gasteiger partial charge in [0.1, 0.15) is 0 Å². The Kier molecular flexibility index (Phi) is 3.09. The van der Waals surface area contributed by atoms with Gasteiger partial charge in [0.25, 0.3) is 0 Å². The standard InChI is InChI=1S/C15H12N4O/c1-11-16-17-18-19(11)14-9-7-13(8-10-14)15(20)12-5-3-2-4-6-12/h2-10H,1H3. The zero-order valence-corrected chi connectivity index (χ0v) is 10.9. The van der Waals surface area contributed by atoms with Gasteiger partial charge in [-0.3, -0.25) is 4.79 Å². The van der Waals surface area contributed by atoms with E-state index in [1.165, 1.54) is 0 Å². The maximum absolute atomic E-state index is 12.3. The van der Waals surface area contributed by atoms with Crippen molar-refractivity contribution in [2.75, 3.05) is 0 Å². The number of hydrogen-bond donors (Lipinski definition) is 0. The van der Waals surface area contributed by atoms with Crippen LogP contribution >= 0.6 is 0 Å². The van der Waals surface area contributed by atoms with Crippen molar-refractivity contribution in [2.45, 2.75) is 6.92 Å². The summed E-state index contributed by atoms with van der Waals surface area (Å²) in [6.45, 7) is 1.82. The summed E-state index contributed by atoms with van der Waals surface area (Å²) in [5.41, 5.74) is 2.15. The molecule has 0 atom stereocenters. The molecule has 98 valence electrons. The zero-order chi connectivity index (χ0) is 13.9. The Labute approximate surface area is 115 Å². The van der Waals surface area contributed by atoms with Crippen molar-refractivity contribution in [2.24, 2.45) is 0 Å².